The van der Waals surface area contributed by atoms with Gasteiger partial charge in [0.1, 0.15) is 0 Å². The molecular weight excluding hydrogens is 178 g/mol. The third kappa shape index (κ3) is 2.53. The highest BCUT2D eigenvalue weighted by molar-refractivity contribution is 5.93. The van der Waals surface area contributed by atoms with Crippen LogP contribution in [0.2, 0.25) is 0 Å². The minimum Gasteiger partial charge on any atom is -0.323 e. The molecule has 1 heterocycles. The van der Waals surface area contributed by atoms with Gasteiger partial charge in [-0.25, -0.2) is 0 Å². The SMILES string of the molecule is CNCC(=O)Nc1c(C)ccnc1C. The van der Waals surface area contributed by atoms with Crippen molar-refractivity contribution in [2.24, 2.45) is 0 Å². The number of anilines is 1. The number of hydrogen-bond acceptors (Lipinski definition) is 3. The van der Waals surface area contributed by atoms with E-state index in [0.717, 1.165) is 16.9 Å². The van der Waals surface area contributed by atoms with E-state index in [4.69, 9.17) is 0 Å². The lowest BCUT2D eigenvalue weighted by molar-refractivity contribution is -0.115. The molecule has 1 amide bonds. The summed E-state index contributed by atoms with van der Waals surface area (Å²) in [6, 6.07) is 1.88. The molecule has 0 aliphatic carbocycles. The Morgan fingerprint density at radius 3 is 2.79 bits per heavy atom. The summed E-state index contributed by atoms with van der Waals surface area (Å²) in [5.74, 6) is -0.0494. The summed E-state index contributed by atoms with van der Waals surface area (Å²) in [6.07, 6.45) is 1.73. The van der Waals surface area contributed by atoms with Crippen LogP contribution in [0.4, 0.5) is 5.69 Å². The van der Waals surface area contributed by atoms with Gasteiger partial charge in [0.05, 0.1) is 17.9 Å². The van der Waals surface area contributed by atoms with E-state index < -0.39 is 0 Å². The van der Waals surface area contributed by atoms with Gasteiger partial charge < -0.3 is 10.6 Å². The molecule has 0 spiro atoms. The fourth-order valence-electron chi connectivity index (χ4n) is 1.23. The highest BCUT2D eigenvalue weighted by atomic mass is 16.1. The van der Waals surface area contributed by atoms with Gasteiger partial charge in [-0.3, -0.25) is 9.78 Å². The molecule has 4 nitrogen and oxygen atoms in total. The van der Waals surface area contributed by atoms with Crippen molar-refractivity contribution >= 4 is 11.6 Å². The Bertz CT molecular complexity index is 316. The molecule has 0 bridgehead atoms. The van der Waals surface area contributed by atoms with Crippen molar-refractivity contribution < 1.29 is 4.79 Å². The Balaban J connectivity index is 2.80. The quantitative estimate of drug-likeness (QED) is 0.748. The first kappa shape index (κ1) is 10.7. The Morgan fingerprint density at radius 2 is 2.21 bits per heavy atom. The number of likely N-dealkylation sites (N-methyl/N-ethyl adjacent to an activating group) is 1. The Morgan fingerprint density at radius 1 is 1.50 bits per heavy atom. The summed E-state index contributed by atoms with van der Waals surface area (Å²) in [6.45, 7) is 4.14. The third-order valence-corrected chi connectivity index (χ3v) is 1.95. The van der Waals surface area contributed by atoms with Crippen molar-refractivity contribution in [3.8, 4) is 0 Å². The minimum absolute atomic E-state index is 0.0494. The lowest BCUT2D eigenvalue weighted by Crippen LogP contribution is -2.25. The van der Waals surface area contributed by atoms with Crippen LogP contribution in [0.3, 0.4) is 0 Å². The Kier molecular flexibility index (Phi) is 3.59. The van der Waals surface area contributed by atoms with E-state index in [1.54, 1.807) is 13.2 Å². The van der Waals surface area contributed by atoms with E-state index in [2.05, 4.69) is 15.6 Å². The number of amides is 1. The number of pyridine rings is 1. The first-order chi connectivity index (χ1) is 6.65. The number of hydrogen-bond donors (Lipinski definition) is 2. The number of rotatable bonds is 3. The molecule has 2 N–H and O–H groups in total. The van der Waals surface area contributed by atoms with E-state index >= 15 is 0 Å². The fourth-order valence-corrected chi connectivity index (χ4v) is 1.23. The highest BCUT2D eigenvalue weighted by Gasteiger charge is 2.06. The number of nitrogens with one attached hydrogen (secondary N) is 2. The van der Waals surface area contributed by atoms with Crippen LogP contribution < -0.4 is 10.6 Å². The lowest BCUT2D eigenvalue weighted by atomic mass is 10.2. The smallest absolute Gasteiger partial charge is 0.238 e. The highest BCUT2D eigenvalue weighted by Crippen LogP contribution is 2.16. The average Bonchev–Trinajstić information content (AvgIpc) is 2.12. The van der Waals surface area contributed by atoms with Gasteiger partial charge in [0.2, 0.25) is 5.91 Å². The molecule has 0 radical (unpaired) electrons. The molecule has 0 aliphatic rings. The largest absolute Gasteiger partial charge is 0.323 e. The number of aryl methyl sites for hydroxylation is 2. The molecule has 76 valence electrons. The van der Waals surface area contributed by atoms with Crippen molar-refractivity contribution in [1.29, 1.82) is 0 Å². The van der Waals surface area contributed by atoms with Gasteiger partial charge in [-0.05, 0) is 32.5 Å². The van der Waals surface area contributed by atoms with Crippen molar-refractivity contribution in [2.75, 3.05) is 18.9 Å². The van der Waals surface area contributed by atoms with Crippen LogP contribution in [0.25, 0.3) is 0 Å². The van der Waals surface area contributed by atoms with Crippen LogP contribution >= 0.6 is 0 Å². The van der Waals surface area contributed by atoms with Gasteiger partial charge in [-0.15, -0.1) is 0 Å². The van der Waals surface area contributed by atoms with Crippen LogP contribution in [0, 0.1) is 13.8 Å². The van der Waals surface area contributed by atoms with Crippen molar-refractivity contribution in [2.45, 2.75) is 13.8 Å². The van der Waals surface area contributed by atoms with Gasteiger partial charge in [0.25, 0.3) is 0 Å². The zero-order valence-corrected chi connectivity index (χ0v) is 8.72. The average molecular weight is 193 g/mol. The standard InChI is InChI=1S/C10H15N3O/c1-7-4-5-12-8(2)10(7)13-9(14)6-11-3/h4-5,11H,6H2,1-3H3,(H,13,14). The van der Waals surface area contributed by atoms with Crippen molar-refractivity contribution in [1.82, 2.24) is 10.3 Å². The summed E-state index contributed by atoms with van der Waals surface area (Å²) in [7, 11) is 1.74. The van der Waals surface area contributed by atoms with Crippen LogP contribution in [0.5, 0.6) is 0 Å². The van der Waals surface area contributed by atoms with E-state index in [1.165, 1.54) is 0 Å². The third-order valence-electron chi connectivity index (χ3n) is 1.95. The summed E-state index contributed by atoms with van der Waals surface area (Å²) < 4.78 is 0. The number of aromatic nitrogens is 1. The van der Waals surface area contributed by atoms with E-state index in [-0.39, 0.29) is 5.91 Å². The molecule has 0 saturated heterocycles. The normalized spacial score (nSPS) is 9.93. The first-order valence-corrected chi connectivity index (χ1v) is 4.52. The summed E-state index contributed by atoms with van der Waals surface area (Å²) in [5.41, 5.74) is 2.68. The topological polar surface area (TPSA) is 54.0 Å². The molecule has 0 saturated carbocycles. The Hall–Kier alpha value is -1.42. The number of nitrogens with zero attached hydrogens (tertiary/aromatic N) is 1. The maximum absolute atomic E-state index is 11.3. The van der Waals surface area contributed by atoms with E-state index in [9.17, 15) is 4.79 Å². The molecule has 0 unspecified atom stereocenters. The molecule has 0 fully saturated rings. The maximum atomic E-state index is 11.3. The summed E-state index contributed by atoms with van der Waals surface area (Å²) in [4.78, 5) is 15.4. The van der Waals surface area contributed by atoms with Gasteiger partial charge in [0, 0.05) is 6.20 Å². The second-order valence-corrected chi connectivity index (χ2v) is 3.17. The van der Waals surface area contributed by atoms with Crippen LogP contribution in [-0.4, -0.2) is 24.5 Å². The van der Waals surface area contributed by atoms with Crippen molar-refractivity contribution in [3.05, 3.63) is 23.5 Å². The molecule has 4 heteroatoms. The molecule has 0 aliphatic heterocycles. The lowest BCUT2D eigenvalue weighted by Gasteiger charge is -2.09. The predicted molar refractivity (Wildman–Crippen MR) is 56.3 cm³/mol. The van der Waals surface area contributed by atoms with Gasteiger partial charge in [0.15, 0.2) is 0 Å². The second kappa shape index (κ2) is 4.72. The summed E-state index contributed by atoms with van der Waals surface area (Å²) in [5, 5.41) is 5.61. The molecule has 1 aromatic heterocycles. The predicted octanol–water partition coefficient (Wildman–Crippen LogP) is 0.856. The molecule has 0 aromatic carbocycles. The van der Waals surface area contributed by atoms with Gasteiger partial charge >= 0.3 is 0 Å². The number of carbonyl (C=O) groups excluding carboxylic acids is 1. The van der Waals surface area contributed by atoms with Crippen LogP contribution in [-0.2, 0) is 4.79 Å². The summed E-state index contributed by atoms with van der Waals surface area (Å²) >= 11 is 0. The molecule has 1 aromatic rings. The van der Waals surface area contributed by atoms with Crippen LogP contribution in [0.1, 0.15) is 11.3 Å². The van der Waals surface area contributed by atoms with Gasteiger partial charge in [-0.2, -0.15) is 0 Å². The maximum Gasteiger partial charge on any atom is 0.238 e. The van der Waals surface area contributed by atoms with Gasteiger partial charge in [-0.1, -0.05) is 0 Å². The van der Waals surface area contributed by atoms with Crippen LogP contribution in [0.15, 0.2) is 12.3 Å². The Labute approximate surface area is 83.7 Å². The zero-order chi connectivity index (χ0) is 10.6. The molecule has 1 rings (SSSR count). The van der Waals surface area contributed by atoms with E-state index in [0.29, 0.717) is 6.54 Å². The molecule has 14 heavy (non-hydrogen) atoms. The van der Waals surface area contributed by atoms with Crippen molar-refractivity contribution in [3.63, 3.8) is 0 Å². The fraction of sp³-hybridized carbons (Fsp3) is 0.400. The second-order valence-electron chi connectivity index (χ2n) is 3.17. The zero-order valence-electron chi connectivity index (χ0n) is 8.72. The minimum atomic E-state index is -0.0494. The first-order valence-electron chi connectivity index (χ1n) is 4.52. The molecule has 0 atom stereocenters. The monoisotopic (exact) mass is 193 g/mol. The number of carbonyl (C=O) groups is 1. The molecular formula is C10H15N3O. The van der Waals surface area contributed by atoms with E-state index in [1.807, 2.05) is 19.9 Å².